The summed E-state index contributed by atoms with van der Waals surface area (Å²) in [6.45, 7) is 1.65. The van der Waals surface area contributed by atoms with Crippen molar-refractivity contribution in [3.05, 3.63) is 47.3 Å². The Hall–Kier alpha value is -2.24. The second kappa shape index (κ2) is 4.56. The van der Waals surface area contributed by atoms with Gasteiger partial charge in [0.2, 0.25) is 0 Å². The van der Waals surface area contributed by atoms with E-state index in [9.17, 15) is 13.2 Å². The van der Waals surface area contributed by atoms with E-state index in [2.05, 4.69) is 10.3 Å². The summed E-state index contributed by atoms with van der Waals surface area (Å²) in [5, 5.41) is 2.64. The Labute approximate surface area is 101 Å². The van der Waals surface area contributed by atoms with E-state index in [1.165, 1.54) is 18.2 Å². The predicted molar refractivity (Wildman–Crippen MR) is 63.0 cm³/mol. The Morgan fingerprint density at radius 3 is 2.50 bits per heavy atom. The van der Waals surface area contributed by atoms with Crippen LogP contribution >= 0.6 is 0 Å². The van der Waals surface area contributed by atoms with Crippen LogP contribution < -0.4 is 11.1 Å². The molecule has 0 radical (unpaired) electrons. The second-order valence-electron chi connectivity index (χ2n) is 3.77. The molecule has 0 atom stereocenters. The van der Waals surface area contributed by atoms with Crippen LogP contribution in [0.25, 0.3) is 0 Å². The minimum Gasteiger partial charge on any atom is -0.381 e. The first-order chi connectivity index (χ1) is 8.47. The average Bonchev–Trinajstić information content (AvgIpc) is 2.29. The van der Waals surface area contributed by atoms with E-state index < -0.39 is 23.3 Å². The lowest BCUT2D eigenvalue weighted by Gasteiger charge is -2.10. The fourth-order valence-electron chi connectivity index (χ4n) is 1.46. The molecule has 0 aliphatic rings. The fourth-order valence-corrected chi connectivity index (χ4v) is 1.46. The molecule has 1 heterocycles. The molecule has 0 unspecified atom stereocenters. The highest BCUT2D eigenvalue weighted by atomic mass is 19.1. The molecule has 6 heteroatoms. The molecule has 0 fully saturated rings. The third-order valence-corrected chi connectivity index (χ3v) is 2.40. The van der Waals surface area contributed by atoms with Crippen molar-refractivity contribution >= 4 is 17.3 Å². The summed E-state index contributed by atoms with van der Waals surface area (Å²) in [7, 11) is 0. The summed E-state index contributed by atoms with van der Waals surface area (Å²) in [5.74, 6) is -2.80. The summed E-state index contributed by atoms with van der Waals surface area (Å²) in [5.41, 5.74) is 6.29. The van der Waals surface area contributed by atoms with Crippen molar-refractivity contribution in [1.29, 1.82) is 0 Å². The lowest BCUT2D eigenvalue weighted by Crippen LogP contribution is -2.04. The largest absolute Gasteiger partial charge is 0.381 e. The highest BCUT2D eigenvalue weighted by Crippen LogP contribution is 2.23. The number of aromatic nitrogens is 1. The molecule has 2 rings (SSSR count). The zero-order chi connectivity index (χ0) is 13.3. The zero-order valence-corrected chi connectivity index (χ0v) is 9.47. The molecular formula is C12H10F3N3. The van der Waals surface area contributed by atoms with Gasteiger partial charge in [0.05, 0.1) is 0 Å². The first-order valence-electron chi connectivity index (χ1n) is 5.12. The second-order valence-corrected chi connectivity index (χ2v) is 3.77. The zero-order valence-electron chi connectivity index (χ0n) is 9.47. The number of anilines is 3. The van der Waals surface area contributed by atoms with Crippen molar-refractivity contribution in [2.75, 3.05) is 11.1 Å². The van der Waals surface area contributed by atoms with Crippen molar-refractivity contribution in [3.8, 4) is 0 Å². The van der Waals surface area contributed by atoms with E-state index in [1.54, 1.807) is 6.92 Å². The van der Waals surface area contributed by atoms with Gasteiger partial charge < -0.3 is 11.1 Å². The number of hydrogen-bond acceptors (Lipinski definition) is 3. The van der Waals surface area contributed by atoms with Gasteiger partial charge in [-0.2, -0.15) is 0 Å². The average molecular weight is 253 g/mol. The topological polar surface area (TPSA) is 50.9 Å². The van der Waals surface area contributed by atoms with Gasteiger partial charge in [0.1, 0.15) is 5.82 Å². The van der Waals surface area contributed by atoms with Crippen LogP contribution in [0.3, 0.4) is 0 Å². The third-order valence-electron chi connectivity index (χ3n) is 2.40. The molecule has 0 bridgehead atoms. The molecular weight excluding hydrogens is 243 g/mol. The smallest absolute Gasteiger partial charge is 0.169 e. The van der Waals surface area contributed by atoms with Gasteiger partial charge in [0.15, 0.2) is 23.3 Å². The quantitative estimate of drug-likeness (QED) is 0.864. The molecule has 0 saturated heterocycles. The van der Waals surface area contributed by atoms with Gasteiger partial charge in [-0.05, 0) is 30.7 Å². The lowest BCUT2D eigenvalue weighted by atomic mass is 10.2. The summed E-state index contributed by atoms with van der Waals surface area (Å²) in [4.78, 5) is 3.55. The number of hydrogen-bond donors (Lipinski definition) is 2. The van der Waals surface area contributed by atoms with E-state index in [0.717, 1.165) is 0 Å². The highest BCUT2D eigenvalue weighted by Gasteiger charge is 2.11. The van der Waals surface area contributed by atoms with Crippen LogP contribution in [0.1, 0.15) is 5.56 Å². The normalized spacial score (nSPS) is 10.4. The van der Waals surface area contributed by atoms with Gasteiger partial charge in [0, 0.05) is 11.8 Å². The van der Waals surface area contributed by atoms with E-state index in [-0.39, 0.29) is 5.82 Å². The molecule has 1 aromatic carbocycles. The molecule has 0 amide bonds. The van der Waals surface area contributed by atoms with Crippen molar-refractivity contribution in [2.24, 2.45) is 0 Å². The van der Waals surface area contributed by atoms with Crippen molar-refractivity contribution in [2.45, 2.75) is 6.92 Å². The fraction of sp³-hybridized carbons (Fsp3) is 0.0833. The maximum Gasteiger partial charge on any atom is 0.169 e. The van der Waals surface area contributed by atoms with Crippen molar-refractivity contribution < 1.29 is 13.2 Å². The Balaban J connectivity index is 2.37. The molecule has 3 N–H and O–H groups in total. The molecule has 3 nitrogen and oxygen atoms in total. The number of benzene rings is 1. The van der Waals surface area contributed by atoms with Crippen LogP contribution in [0, 0.1) is 24.4 Å². The van der Waals surface area contributed by atoms with Gasteiger partial charge >= 0.3 is 0 Å². The summed E-state index contributed by atoms with van der Waals surface area (Å²) < 4.78 is 39.3. The van der Waals surface area contributed by atoms with Crippen LogP contribution in [-0.4, -0.2) is 4.98 Å². The Morgan fingerprint density at radius 1 is 1.11 bits per heavy atom. The number of nitrogens with two attached hydrogens (primary N) is 1. The maximum atomic E-state index is 13.4. The number of nitrogens with zero attached hydrogens (tertiary/aromatic N) is 1. The molecule has 0 saturated carbocycles. The van der Waals surface area contributed by atoms with Gasteiger partial charge in [-0.3, -0.25) is 0 Å². The summed E-state index contributed by atoms with van der Waals surface area (Å²) in [6.07, 6.45) is 0. The molecule has 94 valence electrons. The van der Waals surface area contributed by atoms with Gasteiger partial charge in [-0.15, -0.1) is 0 Å². The SMILES string of the molecule is Cc1cc(F)ccc1Nc1nc(N)c(F)cc1F. The first kappa shape index (κ1) is 12.2. The number of nitrogens with one attached hydrogen (secondary N) is 1. The number of rotatable bonds is 2. The first-order valence-corrected chi connectivity index (χ1v) is 5.12. The predicted octanol–water partition coefficient (Wildman–Crippen LogP) is 3.13. The Morgan fingerprint density at radius 2 is 1.83 bits per heavy atom. The Bertz CT molecular complexity index is 599. The van der Waals surface area contributed by atoms with Crippen molar-refractivity contribution in [1.82, 2.24) is 4.98 Å². The molecule has 2 aromatic rings. The van der Waals surface area contributed by atoms with Crippen molar-refractivity contribution in [3.63, 3.8) is 0 Å². The molecule has 18 heavy (non-hydrogen) atoms. The van der Waals surface area contributed by atoms with E-state index in [1.807, 2.05) is 0 Å². The summed E-state index contributed by atoms with van der Waals surface area (Å²) in [6, 6.07) is 4.59. The molecule has 0 aliphatic carbocycles. The van der Waals surface area contributed by atoms with E-state index in [0.29, 0.717) is 17.3 Å². The molecule has 0 spiro atoms. The van der Waals surface area contributed by atoms with Gasteiger partial charge in [-0.25, -0.2) is 18.2 Å². The van der Waals surface area contributed by atoms with Gasteiger partial charge in [-0.1, -0.05) is 0 Å². The van der Waals surface area contributed by atoms with Crippen LogP contribution in [0.5, 0.6) is 0 Å². The monoisotopic (exact) mass is 253 g/mol. The van der Waals surface area contributed by atoms with E-state index >= 15 is 0 Å². The van der Waals surface area contributed by atoms with Crippen LogP contribution in [-0.2, 0) is 0 Å². The standard InChI is InChI=1S/C12H10F3N3/c1-6-4-7(13)2-3-10(6)17-12-9(15)5-8(14)11(16)18-12/h2-5H,1H3,(H3,16,17,18). The minimum atomic E-state index is -0.922. The minimum absolute atomic E-state index is 0.205. The molecule has 1 aromatic heterocycles. The highest BCUT2D eigenvalue weighted by molar-refractivity contribution is 5.61. The number of halogens is 3. The van der Waals surface area contributed by atoms with Gasteiger partial charge in [0.25, 0.3) is 0 Å². The molecule has 0 aliphatic heterocycles. The van der Waals surface area contributed by atoms with Crippen LogP contribution in [0.2, 0.25) is 0 Å². The number of pyridine rings is 1. The number of nitrogen functional groups attached to an aromatic ring is 1. The number of aryl methyl sites for hydroxylation is 1. The Kier molecular flexibility index (Phi) is 3.10. The van der Waals surface area contributed by atoms with E-state index in [4.69, 9.17) is 5.73 Å². The third kappa shape index (κ3) is 2.37. The van der Waals surface area contributed by atoms with Crippen LogP contribution in [0.4, 0.5) is 30.5 Å². The summed E-state index contributed by atoms with van der Waals surface area (Å²) >= 11 is 0. The maximum absolute atomic E-state index is 13.4. The van der Waals surface area contributed by atoms with Crippen LogP contribution in [0.15, 0.2) is 24.3 Å². The lowest BCUT2D eigenvalue weighted by molar-refractivity contribution is 0.581.